The lowest BCUT2D eigenvalue weighted by molar-refractivity contribution is -0.118. The largest absolute Gasteiger partial charge is 0.497 e. The van der Waals surface area contributed by atoms with Crippen LogP contribution >= 0.6 is 0 Å². The van der Waals surface area contributed by atoms with Gasteiger partial charge < -0.3 is 19.8 Å². The molecule has 5 nitrogen and oxygen atoms in total. The first-order valence-corrected chi connectivity index (χ1v) is 8.38. The number of fused-ring (bicyclic) bond motifs is 1. The molecule has 134 valence electrons. The highest BCUT2D eigenvalue weighted by Gasteiger charge is 2.52. The summed E-state index contributed by atoms with van der Waals surface area (Å²) in [6, 6.07) is 9.84. The molecule has 0 atom stereocenters. The van der Waals surface area contributed by atoms with Gasteiger partial charge in [0.05, 0.1) is 25.3 Å². The molecule has 1 aliphatic rings. The number of carbonyl (C=O) groups excluding carboxylic acids is 1. The van der Waals surface area contributed by atoms with Crippen LogP contribution in [-0.4, -0.2) is 25.1 Å². The summed E-state index contributed by atoms with van der Waals surface area (Å²) in [6.07, 6.45) is 3.30. The number of aromatic nitrogens is 1. The minimum atomic E-state index is -0.607. The van der Waals surface area contributed by atoms with Crippen molar-refractivity contribution in [2.45, 2.75) is 18.3 Å². The molecule has 4 rings (SSSR count). The summed E-state index contributed by atoms with van der Waals surface area (Å²) in [6.45, 7) is 0. The van der Waals surface area contributed by atoms with Gasteiger partial charge in [0, 0.05) is 23.2 Å². The zero-order chi connectivity index (χ0) is 18.3. The summed E-state index contributed by atoms with van der Waals surface area (Å²) in [7, 11) is 3.12. The van der Waals surface area contributed by atoms with Crippen molar-refractivity contribution in [3.8, 4) is 11.5 Å². The number of rotatable bonds is 5. The molecule has 0 aliphatic heterocycles. The van der Waals surface area contributed by atoms with Crippen LogP contribution in [-0.2, 0) is 10.2 Å². The fourth-order valence-corrected chi connectivity index (χ4v) is 3.39. The first-order chi connectivity index (χ1) is 12.6. The summed E-state index contributed by atoms with van der Waals surface area (Å²) >= 11 is 0. The van der Waals surface area contributed by atoms with Gasteiger partial charge in [0.25, 0.3) is 0 Å². The van der Waals surface area contributed by atoms with Gasteiger partial charge in [0.1, 0.15) is 17.3 Å². The zero-order valence-corrected chi connectivity index (χ0v) is 14.6. The first kappa shape index (κ1) is 16.4. The highest BCUT2D eigenvalue weighted by molar-refractivity contribution is 6.05. The second kappa shape index (κ2) is 6.05. The van der Waals surface area contributed by atoms with Crippen molar-refractivity contribution in [1.29, 1.82) is 0 Å². The van der Waals surface area contributed by atoms with Crippen LogP contribution in [0.2, 0.25) is 0 Å². The van der Waals surface area contributed by atoms with E-state index in [2.05, 4.69) is 10.3 Å². The Hall–Kier alpha value is -3.02. The Morgan fingerprint density at radius 2 is 1.96 bits per heavy atom. The summed E-state index contributed by atoms with van der Waals surface area (Å²) in [5, 5.41) is 3.84. The van der Waals surface area contributed by atoms with Gasteiger partial charge in [0.2, 0.25) is 5.91 Å². The van der Waals surface area contributed by atoms with Crippen molar-refractivity contribution in [2.24, 2.45) is 0 Å². The normalized spacial score (nSPS) is 14.9. The van der Waals surface area contributed by atoms with E-state index in [4.69, 9.17) is 9.47 Å². The van der Waals surface area contributed by atoms with E-state index >= 15 is 0 Å². The summed E-state index contributed by atoms with van der Waals surface area (Å²) in [5.74, 6) is 0.792. The second-order valence-electron chi connectivity index (χ2n) is 6.49. The van der Waals surface area contributed by atoms with E-state index < -0.39 is 5.41 Å². The van der Waals surface area contributed by atoms with E-state index in [1.807, 2.05) is 0 Å². The number of nitrogens with one attached hydrogen (secondary N) is 2. The van der Waals surface area contributed by atoms with Crippen molar-refractivity contribution in [3.05, 3.63) is 54.0 Å². The van der Waals surface area contributed by atoms with Crippen LogP contribution in [0.1, 0.15) is 18.4 Å². The number of benzene rings is 2. The van der Waals surface area contributed by atoms with Crippen LogP contribution in [0.15, 0.2) is 42.6 Å². The third-order valence-electron chi connectivity index (χ3n) is 5.00. The van der Waals surface area contributed by atoms with Gasteiger partial charge in [-0.3, -0.25) is 4.79 Å². The molecule has 0 saturated heterocycles. The number of hydrogen-bond acceptors (Lipinski definition) is 3. The summed E-state index contributed by atoms with van der Waals surface area (Å²) in [5.41, 5.74) is 1.54. The number of ether oxygens (including phenoxy) is 2. The molecule has 2 aromatic carbocycles. The molecular weight excluding hydrogens is 335 g/mol. The Balaban J connectivity index is 1.68. The van der Waals surface area contributed by atoms with Gasteiger partial charge in [-0.05, 0) is 48.7 Å². The monoisotopic (exact) mass is 354 g/mol. The van der Waals surface area contributed by atoms with Crippen LogP contribution in [0, 0.1) is 5.82 Å². The van der Waals surface area contributed by atoms with Crippen LogP contribution in [0.3, 0.4) is 0 Å². The third kappa shape index (κ3) is 2.58. The number of aromatic amines is 1. The van der Waals surface area contributed by atoms with Crippen molar-refractivity contribution in [3.63, 3.8) is 0 Å². The molecule has 0 bridgehead atoms. The molecule has 2 N–H and O–H groups in total. The number of H-pyrrole nitrogens is 1. The number of methoxy groups -OCH3 is 2. The number of anilines is 1. The van der Waals surface area contributed by atoms with Gasteiger partial charge in [-0.2, -0.15) is 0 Å². The maximum absolute atomic E-state index is 13.4. The lowest BCUT2D eigenvalue weighted by atomic mass is 9.94. The van der Waals surface area contributed by atoms with Gasteiger partial charge >= 0.3 is 0 Å². The fraction of sp³-hybridized carbons (Fsp3) is 0.250. The van der Waals surface area contributed by atoms with Crippen molar-refractivity contribution >= 4 is 22.5 Å². The van der Waals surface area contributed by atoms with E-state index in [-0.39, 0.29) is 11.7 Å². The predicted molar refractivity (Wildman–Crippen MR) is 97.3 cm³/mol. The molecule has 3 aromatic rings. The highest BCUT2D eigenvalue weighted by atomic mass is 19.1. The molecule has 1 aromatic heterocycles. The lowest BCUT2D eigenvalue weighted by Crippen LogP contribution is -2.27. The quantitative estimate of drug-likeness (QED) is 0.728. The highest BCUT2D eigenvalue weighted by Crippen LogP contribution is 2.51. The summed E-state index contributed by atoms with van der Waals surface area (Å²) in [4.78, 5) is 16.1. The minimum absolute atomic E-state index is 0.103. The molecular formula is C20H19FN2O3. The van der Waals surface area contributed by atoms with Crippen molar-refractivity contribution < 1.29 is 18.7 Å². The maximum Gasteiger partial charge on any atom is 0.235 e. The molecule has 6 heteroatoms. The second-order valence-corrected chi connectivity index (χ2v) is 6.49. The van der Waals surface area contributed by atoms with Gasteiger partial charge in [-0.15, -0.1) is 0 Å². The fourth-order valence-electron chi connectivity index (χ4n) is 3.39. The van der Waals surface area contributed by atoms with E-state index in [0.717, 1.165) is 23.8 Å². The number of carbonyl (C=O) groups is 1. The average molecular weight is 354 g/mol. The van der Waals surface area contributed by atoms with E-state index in [1.165, 1.54) is 12.1 Å². The molecule has 0 radical (unpaired) electrons. The smallest absolute Gasteiger partial charge is 0.235 e. The van der Waals surface area contributed by atoms with E-state index in [1.54, 1.807) is 44.7 Å². The minimum Gasteiger partial charge on any atom is -0.497 e. The van der Waals surface area contributed by atoms with Crippen LogP contribution in [0.5, 0.6) is 11.5 Å². The number of halogens is 1. The maximum atomic E-state index is 13.4. The zero-order valence-electron chi connectivity index (χ0n) is 14.6. The number of hydrogen-bond donors (Lipinski definition) is 2. The van der Waals surface area contributed by atoms with Crippen molar-refractivity contribution in [2.75, 3.05) is 19.5 Å². The average Bonchev–Trinajstić information content (AvgIpc) is 3.35. The topological polar surface area (TPSA) is 63.4 Å². The Labute approximate surface area is 150 Å². The number of amides is 1. The van der Waals surface area contributed by atoms with E-state index in [9.17, 15) is 9.18 Å². The SMILES string of the molecule is COc1ccc(OC)c(NC(=O)C2(c3c[nH]c4cc(F)ccc34)CC2)c1. The molecule has 26 heavy (non-hydrogen) atoms. The molecule has 1 saturated carbocycles. The molecule has 1 amide bonds. The van der Waals surface area contributed by atoms with Crippen LogP contribution in [0.25, 0.3) is 10.9 Å². The standard InChI is InChI=1S/C20H19FN2O3/c1-25-13-4-6-18(26-2)17(10-13)23-19(24)20(7-8-20)15-11-22-16-9-12(21)3-5-14(15)16/h3-6,9-11,22H,7-8H2,1-2H3,(H,23,24). The molecule has 0 spiro atoms. The molecule has 1 fully saturated rings. The first-order valence-electron chi connectivity index (χ1n) is 8.38. The van der Waals surface area contributed by atoms with Crippen LogP contribution < -0.4 is 14.8 Å². The third-order valence-corrected chi connectivity index (χ3v) is 5.00. The molecule has 1 aliphatic carbocycles. The van der Waals surface area contributed by atoms with Gasteiger partial charge in [-0.1, -0.05) is 0 Å². The predicted octanol–water partition coefficient (Wildman–Crippen LogP) is 3.99. The Morgan fingerprint density at radius 3 is 2.65 bits per heavy atom. The Kier molecular flexibility index (Phi) is 3.83. The van der Waals surface area contributed by atoms with Gasteiger partial charge in [-0.25, -0.2) is 4.39 Å². The Morgan fingerprint density at radius 1 is 1.15 bits per heavy atom. The van der Waals surface area contributed by atoms with Gasteiger partial charge in [0.15, 0.2) is 0 Å². The summed E-state index contributed by atoms with van der Waals surface area (Å²) < 4.78 is 24.0. The van der Waals surface area contributed by atoms with Crippen molar-refractivity contribution in [1.82, 2.24) is 4.98 Å². The van der Waals surface area contributed by atoms with Crippen LogP contribution in [0.4, 0.5) is 10.1 Å². The molecule has 1 heterocycles. The molecule has 0 unspecified atom stereocenters. The van der Waals surface area contributed by atoms with E-state index in [0.29, 0.717) is 22.7 Å². The Bertz CT molecular complexity index is 992. The lowest BCUT2D eigenvalue weighted by Gasteiger charge is -2.17.